The number of aliphatic hydroxyl groups is 1. The first-order chi connectivity index (χ1) is 10.6. The Balaban J connectivity index is 4.13. The van der Waals surface area contributed by atoms with E-state index in [1.165, 1.54) is 0 Å². The minimum Gasteiger partial charge on any atom is -0.390 e. The topological polar surface area (TPSA) is 101 Å². The van der Waals surface area contributed by atoms with E-state index in [1.807, 2.05) is 13.8 Å². The second-order valence-corrected chi connectivity index (χ2v) is 7.66. The third-order valence-electron chi connectivity index (χ3n) is 3.73. The number of hydrogen-bond donors (Lipinski definition) is 2. The van der Waals surface area contributed by atoms with Gasteiger partial charge in [-0.05, 0) is 38.5 Å². The van der Waals surface area contributed by atoms with Gasteiger partial charge in [-0.25, -0.2) is 4.18 Å². The number of hydrogen-bond acceptors (Lipinski definition) is 5. The first kappa shape index (κ1) is 22.5. The number of carbonyl (C=O) groups is 1. The molecule has 23 heavy (non-hydrogen) atoms. The summed E-state index contributed by atoms with van der Waals surface area (Å²) in [5, 5.41) is 10.1. The van der Waals surface area contributed by atoms with Gasteiger partial charge in [0.1, 0.15) is 11.9 Å². The number of carbonyl (C=O) groups excluding carboxylic acids is 1. The number of rotatable bonds is 14. The van der Waals surface area contributed by atoms with E-state index < -0.39 is 22.6 Å². The van der Waals surface area contributed by atoms with E-state index in [9.17, 15) is 18.3 Å². The molecule has 0 rings (SSSR count). The molecule has 0 spiro atoms. The fourth-order valence-corrected chi connectivity index (χ4v) is 2.94. The van der Waals surface area contributed by atoms with Gasteiger partial charge in [-0.15, -0.1) is 0 Å². The van der Waals surface area contributed by atoms with Crippen LogP contribution in [0.25, 0.3) is 0 Å². The Kier molecular flexibility index (Phi) is 11.7. The van der Waals surface area contributed by atoms with Crippen molar-refractivity contribution < 1.29 is 27.1 Å². The van der Waals surface area contributed by atoms with Gasteiger partial charge in [-0.3, -0.25) is 4.55 Å². The Bertz CT molecular complexity index is 418. The Morgan fingerprint density at radius 2 is 1.57 bits per heavy atom. The molecule has 0 saturated heterocycles. The van der Waals surface area contributed by atoms with Gasteiger partial charge in [0.15, 0.2) is 0 Å². The van der Waals surface area contributed by atoms with Crippen LogP contribution in [0.5, 0.6) is 0 Å². The van der Waals surface area contributed by atoms with E-state index in [-0.39, 0.29) is 5.78 Å². The lowest BCUT2D eigenvalue weighted by Crippen LogP contribution is -2.31. The molecule has 0 aromatic carbocycles. The lowest BCUT2D eigenvalue weighted by atomic mass is 9.98. The van der Waals surface area contributed by atoms with Gasteiger partial charge in [-0.2, -0.15) is 8.42 Å². The fraction of sp³-hybridized carbons (Fsp3) is 0.938. The molecule has 0 amide bonds. The summed E-state index contributed by atoms with van der Waals surface area (Å²) in [5.74, 6) is 0.595. The van der Waals surface area contributed by atoms with E-state index in [4.69, 9.17) is 4.55 Å². The number of unbranched alkanes of at least 4 members (excludes halogenated alkanes) is 4. The predicted octanol–water partition coefficient (Wildman–Crippen LogP) is 3.29. The van der Waals surface area contributed by atoms with Crippen LogP contribution in [-0.4, -0.2) is 36.1 Å². The summed E-state index contributed by atoms with van der Waals surface area (Å²) in [5.41, 5.74) is 0. The molecule has 138 valence electrons. The Morgan fingerprint density at radius 1 is 1.00 bits per heavy atom. The maximum Gasteiger partial charge on any atom is 0.397 e. The average Bonchev–Trinajstić information content (AvgIpc) is 2.40. The molecular weight excluding hydrogens is 320 g/mol. The summed E-state index contributed by atoms with van der Waals surface area (Å²) in [6.07, 6.45) is 4.74. The van der Waals surface area contributed by atoms with Crippen LogP contribution in [-0.2, 0) is 19.4 Å². The van der Waals surface area contributed by atoms with Crippen molar-refractivity contribution in [3.8, 4) is 0 Å². The molecule has 0 saturated carbocycles. The smallest absolute Gasteiger partial charge is 0.390 e. The molecule has 0 aliphatic carbocycles. The van der Waals surface area contributed by atoms with Gasteiger partial charge in [0.05, 0.1) is 6.10 Å². The monoisotopic (exact) mass is 352 g/mol. The zero-order chi connectivity index (χ0) is 17.9. The number of ketones is 1. The molecule has 7 heteroatoms. The lowest BCUT2D eigenvalue weighted by Gasteiger charge is -2.22. The minimum absolute atomic E-state index is 0.194. The van der Waals surface area contributed by atoms with Gasteiger partial charge in [0.2, 0.25) is 0 Å². The van der Waals surface area contributed by atoms with Crippen molar-refractivity contribution in [3.05, 3.63) is 0 Å². The van der Waals surface area contributed by atoms with Crippen molar-refractivity contribution >= 4 is 16.2 Å². The van der Waals surface area contributed by atoms with E-state index in [1.54, 1.807) is 6.92 Å². The van der Waals surface area contributed by atoms with E-state index in [0.29, 0.717) is 31.6 Å². The number of aliphatic hydroxyl groups excluding tert-OH is 1. The minimum atomic E-state index is -4.57. The Hall–Kier alpha value is -0.500. The lowest BCUT2D eigenvalue weighted by molar-refractivity contribution is -0.117. The van der Waals surface area contributed by atoms with Crippen LogP contribution < -0.4 is 0 Å². The Labute approximate surface area is 140 Å². The molecule has 0 heterocycles. The molecule has 2 unspecified atom stereocenters. The fourth-order valence-electron chi connectivity index (χ4n) is 2.40. The third kappa shape index (κ3) is 14.8. The summed E-state index contributed by atoms with van der Waals surface area (Å²) in [7, 11) is -4.57. The van der Waals surface area contributed by atoms with Gasteiger partial charge >= 0.3 is 10.4 Å². The summed E-state index contributed by atoms with van der Waals surface area (Å²) in [4.78, 5) is 10.8. The molecular formula is C16H32O6S. The van der Waals surface area contributed by atoms with Crippen LogP contribution in [0.2, 0.25) is 0 Å². The van der Waals surface area contributed by atoms with E-state index >= 15 is 0 Å². The van der Waals surface area contributed by atoms with Crippen molar-refractivity contribution in [2.24, 2.45) is 5.92 Å². The zero-order valence-electron chi connectivity index (χ0n) is 14.5. The summed E-state index contributed by atoms with van der Waals surface area (Å²) in [6, 6.07) is 0. The number of Topliss-reactive ketones (excluding diaryl/α,β-unsaturated/α-hetero) is 1. The molecule has 0 aromatic heterocycles. The first-order valence-corrected chi connectivity index (χ1v) is 9.81. The SMILES string of the molecule is CC(=O)CCCCCCCC(OS(=O)(=O)O)C(O)CCC(C)C. The standard InChI is InChI=1S/C16H32O6S/c1-13(2)11-12-15(18)16(22-23(19,20)21)10-8-6-4-5-7-9-14(3)17/h13,15-16,18H,4-12H2,1-3H3,(H,19,20,21). The summed E-state index contributed by atoms with van der Waals surface area (Å²) >= 11 is 0. The molecule has 0 aliphatic rings. The second-order valence-electron chi connectivity index (χ2n) is 6.61. The Morgan fingerprint density at radius 3 is 2.09 bits per heavy atom. The summed E-state index contributed by atoms with van der Waals surface area (Å²) in [6.45, 7) is 5.62. The van der Waals surface area contributed by atoms with Crippen molar-refractivity contribution in [2.45, 2.75) is 90.8 Å². The summed E-state index contributed by atoms with van der Waals surface area (Å²) < 4.78 is 35.3. The van der Waals surface area contributed by atoms with Gasteiger partial charge in [-0.1, -0.05) is 39.5 Å². The molecule has 0 fully saturated rings. The van der Waals surface area contributed by atoms with E-state index in [2.05, 4.69) is 4.18 Å². The predicted molar refractivity (Wildman–Crippen MR) is 89.5 cm³/mol. The quantitative estimate of drug-likeness (QED) is 0.367. The van der Waals surface area contributed by atoms with Crippen LogP contribution in [0, 0.1) is 5.92 Å². The maximum atomic E-state index is 10.9. The highest BCUT2D eigenvalue weighted by molar-refractivity contribution is 7.80. The average molecular weight is 352 g/mol. The van der Waals surface area contributed by atoms with Crippen LogP contribution in [0.15, 0.2) is 0 Å². The normalized spacial score (nSPS) is 14.9. The molecule has 0 aliphatic heterocycles. The highest BCUT2D eigenvalue weighted by Gasteiger charge is 2.24. The first-order valence-electron chi connectivity index (χ1n) is 8.45. The van der Waals surface area contributed by atoms with Crippen molar-refractivity contribution in [1.29, 1.82) is 0 Å². The van der Waals surface area contributed by atoms with Crippen molar-refractivity contribution in [2.75, 3.05) is 0 Å². The van der Waals surface area contributed by atoms with Crippen LogP contribution in [0.1, 0.15) is 78.6 Å². The third-order valence-corrected chi connectivity index (χ3v) is 4.22. The molecule has 0 aromatic rings. The molecule has 0 radical (unpaired) electrons. The van der Waals surface area contributed by atoms with Gasteiger partial charge in [0, 0.05) is 6.42 Å². The largest absolute Gasteiger partial charge is 0.397 e. The molecule has 2 atom stereocenters. The zero-order valence-corrected chi connectivity index (χ0v) is 15.3. The van der Waals surface area contributed by atoms with Crippen molar-refractivity contribution in [1.82, 2.24) is 0 Å². The van der Waals surface area contributed by atoms with Gasteiger partial charge in [0.25, 0.3) is 0 Å². The van der Waals surface area contributed by atoms with E-state index in [0.717, 1.165) is 32.1 Å². The molecule has 2 N–H and O–H groups in total. The highest BCUT2D eigenvalue weighted by atomic mass is 32.3. The maximum absolute atomic E-state index is 10.9. The van der Waals surface area contributed by atoms with Crippen LogP contribution in [0.3, 0.4) is 0 Å². The molecule has 0 bridgehead atoms. The van der Waals surface area contributed by atoms with Crippen molar-refractivity contribution in [3.63, 3.8) is 0 Å². The van der Waals surface area contributed by atoms with Crippen LogP contribution >= 0.6 is 0 Å². The van der Waals surface area contributed by atoms with Crippen LogP contribution in [0.4, 0.5) is 0 Å². The van der Waals surface area contributed by atoms with Gasteiger partial charge < -0.3 is 9.90 Å². The highest BCUT2D eigenvalue weighted by Crippen LogP contribution is 2.19. The second kappa shape index (κ2) is 11.9. The molecule has 6 nitrogen and oxygen atoms in total.